The van der Waals surface area contributed by atoms with Gasteiger partial charge in [0.05, 0.1) is 0 Å². The van der Waals surface area contributed by atoms with Crippen LogP contribution in [-0.2, 0) is 0 Å². The molecule has 0 amide bonds. The Morgan fingerprint density at radius 1 is 0.250 bits per heavy atom. The van der Waals surface area contributed by atoms with Crippen LogP contribution in [0.3, 0.4) is 0 Å². The lowest BCUT2D eigenvalue weighted by Crippen LogP contribution is -2.46. The molecule has 0 N–H and O–H groups in total. The molecule has 40 heavy (non-hydrogen) atoms. The summed E-state index contributed by atoms with van der Waals surface area (Å²) in [5.41, 5.74) is 0. The normalized spacial score (nSPS) is 14.8. The van der Waals surface area contributed by atoms with E-state index in [1.807, 2.05) is 0 Å². The van der Waals surface area contributed by atoms with Crippen LogP contribution in [0.4, 0.5) is 0 Å². The molecule has 0 saturated carbocycles. The van der Waals surface area contributed by atoms with Crippen molar-refractivity contribution in [1.29, 1.82) is 0 Å². The summed E-state index contributed by atoms with van der Waals surface area (Å²) >= 11 is 0. The molecular weight excluding hydrogens is 484 g/mol. The predicted octanol–water partition coefficient (Wildman–Crippen LogP) is 12.3. The lowest BCUT2D eigenvalue weighted by Gasteiger charge is -2.34. The van der Waals surface area contributed by atoms with Gasteiger partial charge in [-0.15, -0.1) is 0 Å². The Bertz CT molecular complexity index is 414. The van der Waals surface area contributed by atoms with Crippen LogP contribution < -0.4 is 0 Å². The molecule has 1 rings (SSSR count). The highest BCUT2D eigenvalue weighted by Crippen LogP contribution is 2.15. The van der Waals surface area contributed by atoms with E-state index in [2.05, 4.69) is 23.6 Å². The zero-order valence-electron chi connectivity index (χ0n) is 28.4. The number of hydrogen-bond acceptors (Lipinski definition) is 2. The van der Waals surface area contributed by atoms with Crippen LogP contribution in [-0.4, -0.2) is 49.1 Å². The fourth-order valence-electron chi connectivity index (χ4n) is 6.65. The Labute approximate surface area is 255 Å². The summed E-state index contributed by atoms with van der Waals surface area (Å²) in [4.78, 5) is 5.48. The second kappa shape index (κ2) is 31.8. The summed E-state index contributed by atoms with van der Waals surface area (Å²) in [5.74, 6) is 0. The van der Waals surface area contributed by atoms with E-state index in [-0.39, 0.29) is 0 Å². The number of unbranched alkanes of at least 4 members (excludes halogenated alkanes) is 28. The van der Waals surface area contributed by atoms with E-state index in [1.54, 1.807) is 0 Å². The van der Waals surface area contributed by atoms with Crippen molar-refractivity contribution in [3.8, 4) is 0 Å². The molecule has 2 nitrogen and oxygen atoms in total. The minimum absolute atomic E-state index is 1.32. The van der Waals surface area contributed by atoms with Gasteiger partial charge in [-0.3, -0.25) is 0 Å². The van der Waals surface area contributed by atoms with Crippen molar-refractivity contribution in [2.24, 2.45) is 0 Å². The highest BCUT2D eigenvalue weighted by atomic mass is 15.3. The first-order chi connectivity index (χ1) is 19.9. The van der Waals surface area contributed by atoms with E-state index in [4.69, 9.17) is 0 Å². The van der Waals surface area contributed by atoms with Crippen LogP contribution in [0.5, 0.6) is 0 Å². The van der Waals surface area contributed by atoms with E-state index in [1.165, 1.54) is 232 Å². The zero-order valence-corrected chi connectivity index (χ0v) is 28.4. The smallest absolute Gasteiger partial charge is 0.0110 e. The second-order valence-electron chi connectivity index (χ2n) is 13.6. The molecule has 2 heteroatoms. The molecule has 0 aliphatic carbocycles. The maximum absolute atomic E-state index is 2.74. The van der Waals surface area contributed by atoms with Gasteiger partial charge in [-0.05, 0) is 25.9 Å². The summed E-state index contributed by atoms with van der Waals surface area (Å²) in [7, 11) is 0. The van der Waals surface area contributed by atoms with Crippen LogP contribution in [0.2, 0.25) is 0 Å². The Balaban J connectivity index is 1.74. The Morgan fingerprint density at radius 2 is 0.425 bits per heavy atom. The third kappa shape index (κ3) is 26.8. The van der Waals surface area contributed by atoms with Gasteiger partial charge in [-0.2, -0.15) is 0 Å². The summed E-state index contributed by atoms with van der Waals surface area (Å²) < 4.78 is 0. The van der Waals surface area contributed by atoms with Gasteiger partial charge >= 0.3 is 0 Å². The molecule has 0 aromatic carbocycles. The molecule has 0 radical (unpaired) electrons. The molecular formula is C38H78N2. The van der Waals surface area contributed by atoms with Crippen molar-refractivity contribution in [2.75, 3.05) is 39.3 Å². The minimum atomic E-state index is 1.32. The first-order valence-corrected chi connectivity index (χ1v) is 19.3. The van der Waals surface area contributed by atoms with Crippen molar-refractivity contribution in [3.05, 3.63) is 0 Å². The number of hydrogen-bond donors (Lipinski definition) is 0. The summed E-state index contributed by atoms with van der Waals surface area (Å²) in [6.07, 6.45) is 43.9. The van der Waals surface area contributed by atoms with Gasteiger partial charge in [0.25, 0.3) is 0 Å². The molecule has 0 atom stereocenters. The van der Waals surface area contributed by atoms with Crippen LogP contribution in [0.15, 0.2) is 0 Å². The van der Waals surface area contributed by atoms with Gasteiger partial charge in [-0.1, -0.05) is 194 Å². The van der Waals surface area contributed by atoms with E-state index < -0.39 is 0 Å². The topological polar surface area (TPSA) is 6.48 Å². The number of piperazine rings is 1. The first kappa shape index (κ1) is 37.9. The van der Waals surface area contributed by atoms with E-state index in [9.17, 15) is 0 Å². The lowest BCUT2D eigenvalue weighted by atomic mass is 10.0. The summed E-state index contributed by atoms with van der Waals surface area (Å²) in [5, 5.41) is 0. The minimum Gasteiger partial charge on any atom is -0.301 e. The number of rotatable bonds is 32. The van der Waals surface area contributed by atoms with Crippen LogP contribution >= 0.6 is 0 Å². The van der Waals surface area contributed by atoms with Crippen molar-refractivity contribution >= 4 is 0 Å². The third-order valence-electron chi connectivity index (χ3n) is 9.62. The highest BCUT2D eigenvalue weighted by Gasteiger charge is 2.15. The summed E-state index contributed by atoms with van der Waals surface area (Å²) in [6.45, 7) is 12.6. The van der Waals surface area contributed by atoms with E-state index in [0.717, 1.165) is 0 Å². The maximum atomic E-state index is 2.74. The fraction of sp³-hybridized carbons (Fsp3) is 1.00. The predicted molar refractivity (Wildman–Crippen MR) is 183 cm³/mol. The largest absolute Gasteiger partial charge is 0.301 e. The molecule has 0 unspecified atom stereocenters. The van der Waals surface area contributed by atoms with Crippen molar-refractivity contribution in [2.45, 2.75) is 206 Å². The SMILES string of the molecule is CCCCCCCCCCCCCCCCCN1CCN(CCCCCCCCCCCCCCCCC)CC1. The fourth-order valence-corrected chi connectivity index (χ4v) is 6.65. The van der Waals surface area contributed by atoms with E-state index in [0.29, 0.717) is 0 Å². The molecule has 1 heterocycles. The van der Waals surface area contributed by atoms with Crippen LogP contribution in [0.25, 0.3) is 0 Å². The lowest BCUT2D eigenvalue weighted by molar-refractivity contribution is 0.129. The molecule has 240 valence electrons. The first-order valence-electron chi connectivity index (χ1n) is 19.3. The molecule has 0 aromatic heterocycles. The number of nitrogens with zero attached hydrogens (tertiary/aromatic N) is 2. The van der Waals surface area contributed by atoms with Crippen molar-refractivity contribution < 1.29 is 0 Å². The molecule has 0 bridgehead atoms. The highest BCUT2D eigenvalue weighted by molar-refractivity contribution is 4.72. The average Bonchev–Trinajstić information content (AvgIpc) is 2.98. The Morgan fingerprint density at radius 3 is 0.625 bits per heavy atom. The monoisotopic (exact) mass is 563 g/mol. The standard InChI is InChI=1S/C38H78N2/c1-3-5-7-9-11-13-15-17-19-21-23-25-27-29-31-33-39-35-37-40(38-36-39)34-32-30-28-26-24-22-20-18-16-14-12-10-8-6-4-2/h3-38H2,1-2H3. The molecule has 1 fully saturated rings. The molecule has 0 spiro atoms. The van der Waals surface area contributed by atoms with Crippen molar-refractivity contribution in [3.63, 3.8) is 0 Å². The third-order valence-corrected chi connectivity index (χ3v) is 9.62. The average molecular weight is 563 g/mol. The molecule has 1 aliphatic rings. The van der Waals surface area contributed by atoms with Gasteiger partial charge in [0.15, 0.2) is 0 Å². The second-order valence-corrected chi connectivity index (χ2v) is 13.6. The van der Waals surface area contributed by atoms with Crippen LogP contribution in [0.1, 0.15) is 206 Å². The molecule has 1 aliphatic heterocycles. The Hall–Kier alpha value is -0.0800. The van der Waals surface area contributed by atoms with Crippen LogP contribution in [0, 0.1) is 0 Å². The maximum Gasteiger partial charge on any atom is 0.0110 e. The van der Waals surface area contributed by atoms with Gasteiger partial charge in [0.1, 0.15) is 0 Å². The van der Waals surface area contributed by atoms with Gasteiger partial charge < -0.3 is 9.80 Å². The zero-order chi connectivity index (χ0) is 28.6. The van der Waals surface area contributed by atoms with E-state index >= 15 is 0 Å². The Kier molecular flexibility index (Phi) is 30.2. The molecule has 1 saturated heterocycles. The van der Waals surface area contributed by atoms with Gasteiger partial charge in [0, 0.05) is 26.2 Å². The quantitative estimate of drug-likeness (QED) is 0.0752. The summed E-state index contributed by atoms with van der Waals surface area (Å²) in [6, 6.07) is 0. The molecule has 0 aromatic rings. The van der Waals surface area contributed by atoms with Crippen molar-refractivity contribution in [1.82, 2.24) is 9.80 Å². The van der Waals surface area contributed by atoms with Gasteiger partial charge in [-0.25, -0.2) is 0 Å². The van der Waals surface area contributed by atoms with Gasteiger partial charge in [0.2, 0.25) is 0 Å².